The largest absolute Gasteiger partial charge is 0.100 e. The fraction of sp³-hybridized carbons (Fsp3) is 0.529. The summed E-state index contributed by atoms with van der Waals surface area (Å²) in [5, 5.41) is 3.43. The van der Waals surface area contributed by atoms with E-state index in [2.05, 4.69) is 65.3 Å². The van der Waals surface area contributed by atoms with Gasteiger partial charge < -0.3 is 0 Å². The molecule has 0 radical (unpaired) electrons. The average Bonchev–Trinajstić information content (AvgIpc) is 2.61. The molecule has 106 valence electrons. The van der Waals surface area contributed by atoms with Crippen molar-refractivity contribution in [1.29, 1.82) is 0 Å². The first-order chi connectivity index (χ1) is 8.56. The number of hydrogen-bond acceptors (Lipinski definition) is 0. The average molecular weight is 291 g/mol. The van der Waals surface area contributed by atoms with Crippen molar-refractivity contribution in [2.75, 3.05) is 0 Å². The minimum Gasteiger partial charge on any atom is -0.100 e. The molecule has 0 atom stereocenters. The van der Waals surface area contributed by atoms with E-state index in [0.29, 0.717) is 0 Å². The molecule has 1 aliphatic carbocycles. The second-order valence-corrected chi connectivity index (χ2v) is 16.8. The summed E-state index contributed by atoms with van der Waals surface area (Å²) in [6, 6.07) is 2.43. The molecule has 1 rings (SSSR count). The van der Waals surface area contributed by atoms with Gasteiger partial charge in [0.25, 0.3) is 0 Å². The standard InChI is InChI=1S/C17H30Si2/c1-14(2)12-18(5,6)16-10-9-11-17(16)19(7,8)13-15(3)4/h10-11H,1,3,9,12-13H2,2,4-8H3. The zero-order valence-corrected chi connectivity index (χ0v) is 15.7. The van der Waals surface area contributed by atoms with Gasteiger partial charge in [-0.1, -0.05) is 59.9 Å². The minimum absolute atomic E-state index is 1.14. The zero-order valence-electron chi connectivity index (χ0n) is 13.7. The monoisotopic (exact) mass is 290 g/mol. The molecule has 0 aromatic carbocycles. The Bertz CT molecular complexity index is 406. The van der Waals surface area contributed by atoms with Crippen LogP contribution in [0.5, 0.6) is 0 Å². The molecule has 0 heterocycles. The van der Waals surface area contributed by atoms with Crippen LogP contribution >= 0.6 is 0 Å². The molecular formula is C17H30Si2. The summed E-state index contributed by atoms with van der Waals surface area (Å²) in [6.07, 6.45) is 6.14. The van der Waals surface area contributed by atoms with Crippen LogP contribution in [0.4, 0.5) is 0 Å². The van der Waals surface area contributed by atoms with Gasteiger partial charge >= 0.3 is 0 Å². The van der Waals surface area contributed by atoms with E-state index in [1.165, 1.54) is 23.2 Å². The van der Waals surface area contributed by atoms with Crippen LogP contribution < -0.4 is 0 Å². The summed E-state index contributed by atoms with van der Waals surface area (Å²) in [6.45, 7) is 22.6. The second-order valence-electron chi connectivity index (χ2n) is 7.51. The Kier molecular flexibility index (Phi) is 5.02. The molecule has 0 N–H and O–H groups in total. The van der Waals surface area contributed by atoms with Crippen molar-refractivity contribution >= 4 is 16.1 Å². The number of hydrogen-bond donors (Lipinski definition) is 0. The predicted octanol–water partition coefficient (Wildman–Crippen LogP) is 5.89. The Morgan fingerprint density at radius 2 is 1.21 bits per heavy atom. The molecule has 1 aliphatic rings. The summed E-state index contributed by atoms with van der Waals surface area (Å²) in [7, 11) is -2.72. The summed E-state index contributed by atoms with van der Waals surface area (Å²) in [5.74, 6) is 0. The quantitative estimate of drug-likeness (QED) is 0.422. The summed E-state index contributed by atoms with van der Waals surface area (Å²) < 4.78 is 0. The van der Waals surface area contributed by atoms with Crippen molar-refractivity contribution < 1.29 is 0 Å². The third-order valence-corrected chi connectivity index (χ3v) is 11.0. The highest BCUT2D eigenvalue weighted by Crippen LogP contribution is 2.39. The van der Waals surface area contributed by atoms with Gasteiger partial charge in [-0.3, -0.25) is 0 Å². The third-order valence-electron chi connectivity index (χ3n) is 3.88. The molecule has 0 aromatic heterocycles. The van der Waals surface area contributed by atoms with Crippen LogP contribution in [0.15, 0.2) is 46.8 Å². The first-order valence-electron chi connectivity index (χ1n) is 7.27. The Labute approximate surface area is 122 Å². The van der Waals surface area contributed by atoms with Gasteiger partial charge in [0, 0.05) is 0 Å². The van der Waals surface area contributed by atoms with Gasteiger partial charge in [-0.25, -0.2) is 0 Å². The van der Waals surface area contributed by atoms with Crippen LogP contribution in [0.3, 0.4) is 0 Å². The van der Waals surface area contributed by atoms with Gasteiger partial charge in [-0.05, 0) is 32.4 Å². The minimum atomic E-state index is -1.36. The van der Waals surface area contributed by atoms with Gasteiger partial charge in [0.15, 0.2) is 0 Å². The smallest absolute Gasteiger partial charge is 0.0840 e. The first kappa shape index (κ1) is 16.4. The third kappa shape index (κ3) is 4.18. The van der Waals surface area contributed by atoms with E-state index in [0.717, 1.165) is 6.42 Å². The lowest BCUT2D eigenvalue weighted by Gasteiger charge is -2.34. The Morgan fingerprint density at radius 3 is 1.47 bits per heavy atom. The van der Waals surface area contributed by atoms with Crippen LogP contribution in [0, 0.1) is 0 Å². The lowest BCUT2D eigenvalue weighted by Crippen LogP contribution is -2.38. The van der Waals surface area contributed by atoms with Crippen LogP contribution in [0.2, 0.25) is 38.3 Å². The maximum absolute atomic E-state index is 4.13. The van der Waals surface area contributed by atoms with Gasteiger partial charge in [-0.15, -0.1) is 13.2 Å². The Morgan fingerprint density at radius 1 is 0.895 bits per heavy atom. The normalized spacial score (nSPS) is 16.1. The van der Waals surface area contributed by atoms with E-state index >= 15 is 0 Å². The first-order valence-corrected chi connectivity index (χ1v) is 13.7. The van der Waals surface area contributed by atoms with E-state index in [4.69, 9.17) is 0 Å². The highest BCUT2D eigenvalue weighted by molar-refractivity contribution is 6.93. The highest BCUT2D eigenvalue weighted by atomic mass is 28.3. The summed E-state index contributed by atoms with van der Waals surface area (Å²) in [5.41, 5.74) is 2.67. The molecule has 0 saturated heterocycles. The van der Waals surface area contributed by atoms with Crippen LogP contribution in [-0.2, 0) is 0 Å². The molecular weight excluding hydrogens is 260 g/mol. The number of allylic oxidation sites excluding steroid dienone is 6. The molecule has 0 unspecified atom stereocenters. The molecule has 0 fully saturated rings. The van der Waals surface area contributed by atoms with Crippen molar-refractivity contribution in [3.8, 4) is 0 Å². The van der Waals surface area contributed by atoms with E-state index in [9.17, 15) is 0 Å². The van der Waals surface area contributed by atoms with E-state index in [-0.39, 0.29) is 0 Å². The summed E-state index contributed by atoms with van der Waals surface area (Å²) >= 11 is 0. The van der Waals surface area contributed by atoms with Crippen molar-refractivity contribution in [3.05, 3.63) is 46.8 Å². The molecule has 0 saturated carbocycles. The fourth-order valence-electron chi connectivity index (χ4n) is 3.50. The van der Waals surface area contributed by atoms with Crippen LogP contribution in [0.25, 0.3) is 0 Å². The molecule has 0 aliphatic heterocycles. The lowest BCUT2D eigenvalue weighted by atomic mass is 10.4. The Hall–Kier alpha value is -0.606. The van der Waals surface area contributed by atoms with Crippen molar-refractivity contribution in [2.45, 2.75) is 58.5 Å². The van der Waals surface area contributed by atoms with Crippen molar-refractivity contribution in [3.63, 3.8) is 0 Å². The number of rotatable bonds is 6. The topological polar surface area (TPSA) is 0 Å². The van der Waals surface area contributed by atoms with Gasteiger partial charge in [0.1, 0.15) is 0 Å². The molecule has 0 spiro atoms. The van der Waals surface area contributed by atoms with Gasteiger partial charge in [0.05, 0.1) is 16.1 Å². The lowest BCUT2D eigenvalue weighted by molar-refractivity contribution is 1.31. The fourth-order valence-corrected chi connectivity index (χ4v) is 11.9. The second kappa shape index (κ2) is 5.80. The van der Waals surface area contributed by atoms with Crippen molar-refractivity contribution in [1.82, 2.24) is 0 Å². The molecule has 0 bridgehead atoms. The molecule has 0 aromatic rings. The van der Waals surface area contributed by atoms with Crippen LogP contribution in [0.1, 0.15) is 20.3 Å². The SMILES string of the molecule is C=C(C)C[Si](C)(C)C1=CCC=C1[Si](C)(C)CC(=C)C. The molecule has 2 heteroatoms. The van der Waals surface area contributed by atoms with E-state index in [1.807, 2.05) is 0 Å². The zero-order chi connectivity index (χ0) is 14.8. The Balaban J connectivity index is 3.02. The maximum atomic E-state index is 4.13. The molecule has 19 heavy (non-hydrogen) atoms. The highest BCUT2D eigenvalue weighted by Gasteiger charge is 2.37. The molecule has 0 amide bonds. The van der Waals surface area contributed by atoms with Crippen LogP contribution in [-0.4, -0.2) is 16.1 Å². The van der Waals surface area contributed by atoms with E-state index in [1.54, 1.807) is 10.4 Å². The van der Waals surface area contributed by atoms with E-state index < -0.39 is 16.1 Å². The maximum Gasteiger partial charge on any atom is 0.0840 e. The van der Waals surface area contributed by atoms with Gasteiger partial charge in [-0.2, -0.15) is 0 Å². The predicted molar refractivity (Wildman–Crippen MR) is 95.0 cm³/mol. The van der Waals surface area contributed by atoms with Gasteiger partial charge in [0.2, 0.25) is 0 Å². The molecule has 0 nitrogen and oxygen atoms in total. The summed E-state index contributed by atoms with van der Waals surface area (Å²) in [4.78, 5) is 0. The van der Waals surface area contributed by atoms with Crippen molar-refractivity contribution in [2.24, 2.45) is 0 Å².